The number of aliphatic hydroxyl groups is 1. The largest absolute Gasteiger partial charge is 0.416 e. The zero-order valence-corrected chi connectivity index (χ0v) is 14.2. The van der Waals surface area contributed by atoms with Crippen molar-refractivity contribution in [3.63, 3.8) is 0 Å². The summed E-state index contributed by atoms with van der Waals surface area (Å²) in [5.41, 5.74) is 0.0390. The molecule has 1 aromatic carbocycles. The molecule has 142 valence electrons. The fourth-order valence-corrected chi connectivity index (χ4v) is 3.07. The SMILES string of the molecule is CCC(O)NC1=C2N=CC(c3ncc[nH]3)N2c2ccc(C(F)(F)F)cc2N1. The Labute approximate surface area is 152 Å². The van der Waals surface area contributed by atoms with Gasteiger partial charge in [-0.15, -0.1) is 0 Å². The van der Waals surface area contributed by atoms with Crippen molar-refractivity contribution in [1.82, 2.24) is 15.3 Å². The molecule has 4 rings (SSSR count). The van der Waals surface area contributed by atoms with E-state index in [1.165, 1.54) is 6.07 Å². The number of fused-ring (bicyclic) bond motifs is 3. The van der Waals surface area contributed by atoms with Crippen LogP contribution in [-0.4, -0.2) is 27.5 Å². The van der Waals surface area contributed by atoms with E-state index in [9.17, 15) is 18.3 Å². The molecule has 2 aliphatic rings. The number of hydrogen-bond donors (Lipinski definition) is 4. The fraction of sp³-hybridized carbons (Fsp3) is 0.294. The molecule has 27 heavy (non-hydrogen) atoms. The number of aromatic amines is 1. The number of H-pyrrole nitrogens is 1. The van der Waals surface area contributed by atoms with E-state index in [1.807, 2.05) is 0 Å². The summed E-state index contributed by atoms with van der Waals surface area (Å²) in [5.74, 6) is 1.41. The number of rotatable bonds is 4. The molecule has 1 aromatic heterocycles. The van der Waals surface area contributed by atoms with Crippen LogP contribution >= 0.6 is 0 Å². The minimum Gasteiger partial charge on any atom is -0.374 e. The van der Waals surface area contributed by atoms with Crippen molar-refractivity contribution in [2.75, 3.05) is 10.2 Å². The Morgan fingerprint density at radius 1 is 1.37 bits per heavy atom. The summed E-state index contributed by atoms with van der Waals surface area (Å²) < 4.78 is 39.4. The van der Waals surface area contributed by atoms with Crippen molar-refractivity contribution in [1.29, 1.82) is 0 Å². The molecule has 3 heterocycles. The maximum Gasteiger partial charge on any atom is 0.416 e. The molecule has 2 aromatic rings. The summed E-state index contributed by atoms with van der Waals surface area (Å²) in [4.78, 5) is 13.4. The summed E-state index contributed by atoms with van der Waals surface area (Å²) in [6.07, 6.45) is 0.00900. The molecular weight excluding hydrogens is 361 g/mol. The van der Waals surface area contributed by atoms with Crippen molar-refractivity contribution < 1.29 is 18.3 Å². The van der Waals surface area contributed by atoms with Gasteiger partial charge >= 0.3 is 6.18 Å². The van der Waals surface area contributed by atoms with Gasteiger partial charge in [0, 0.05) is 18.6 Å². The van der Waals surface area contributed by atoms with E-state index in [1.54, 1.807) is 30.4 Å². The van der Waals surface area contributed by atoms with Gasteiger partial charge in [0.1, 0.15) is 23.9 Å². The Hall–Kier alpha value is -3.01. The normalized spacial score (nSPS) is 19.6. The van der Waals surface area contributed by atoms with Crippen LogP contribution in [0.25, 0.3) is 0 Å². The predicted molar refractivity (Wildman–Crippen MR) is 93.8 cm³/mol. The molecule has 0 fully saturated rings. The molecule has 2 unspecified atom stereocenters. The van der Waals surface area contributed by atoms with Crippen LogP contribution in [0.5, 0.6) is 0 Å². The molecule has 7 nitrogen and oxygen atoms in total. The first-order chi connectivity index (χ1) is 12.9. The molecule has 4 N–H and O–H groups in total. The third-order valence-electron chi connectivity index (χ3n) is 4.41. The van der Waals surface area contributed by atoms with Gasteiger partial charge in [-0.2, -0.15) is 13.2 Å². The molecule has 0 saturated carbocycles. The highest BCUT2D eigenvalue weighted by Gasteiger charge is 2.38. The smallest absolute Gasteiger partial charge is 0.374 e. The second kappa shape index (κ2) is 6.31. The molecule has 0 amide bonds. The van der Waals surface area contributed by atoms with Crippen LogP contribution in [0.1, 0.15) is 30.8 Å². The number of imidazole rings is 1. The van der Waals surface area contributed by atoms with Crippen molar-refractivity contribution >= 4 is 17.6 Å². The van der Waals surface area contributed by atoms with E-state index >= 15 is 0 Å². The maximum atomic E-state index is 13.1. The number of nitrogens with one attached hydrogen (secondary N) is 3. The van der Waals surface area contributed by atoms with Crippen LogP contribution < -0.4 is 15.5 Å². The lowest BCUT2D eigenvalue weighted by Crippen LogP contribution is -2.38. The van der Waals surface area contributed by atoms with Crippen molar-refractivity contribution in [3.8, 4) is 0 Å². The minimum atomic E-state index is -4.46. The van der Waals surface area contributed by atoms with Gasteiger partial charge in [0.05, 0.1) is 16.9 Å². The average Bonchev–Trinajstić information content (AvgIpc) is 3.29. The average molecular weight is 378 g/mol. The standard InChI is InChI=1S/C17H17F3N6O/c1-2-13(27)25-15-16-23-8-12(14-21-5-6-22-14)26(16)11-4-3-9(17(18,19)20)7-10(11)24-15/h3-8,12-13,24-25,27H,2H2,1H3,(H,21,22). The molecule has 0 radical (unpaired) electrons. The number of benzene rings is 1. The van der Waals surface area contributed by atoms with E-state index in [0.29, 0.717) is 29.6 Å². The zero-order chi connectivity index (χ0) is 19.2. The van der Waals surface area contributed by atoms with Gasteiger partial charge in [-0.1, -0.05) is 6.92 Å². The summed E-state index contributed by atoms with van der Waals surface area (Å²) >= 11 is 0. The third kappa shape index (κ3) is 3.01. The van der Waals surface area contributed by atoms with Crippen LogP contribution in [0.15, 0.2) is 47.2 Å². The summed E-state index contributed by atoms with van der Waals surface area (Å²) in [6, 6.07) is 3.09. The van der Waals surface area contributed by atoms with Gasteiger partial charge in [0.25, 0.3) is 0 Å². The molecule has 2 atom stereocenters. The Morgan fingerprint density at radius 3 is 2.85 bits per heavy atom. The lowest BCUT2D eigenvalue weighted by molar-refractivity contribution is -0.137. The predicted octanol–water partition coefficient (Wildman–Crippen LogP) is 2.93. The third-order valence-corrected chi connectivity index (χ3v) is 4.41. The second-order valence-electron chi connectivity index (χ2n) is 6.19. The summed E-state index contributed by atoms with van der Waals surface area (Å²) in [7, 11) is 0. The molecule has 10 heteroatoms. The minimum absolute atomic E-state index is 0.265. The van der Waals surface area contributed by atoms with E-state index in [4.69, 9.17) is 0 Å². The van der Waals surface area contributed by atoms with Crippen LogP contribution in [0.4, 0.5) is 24.5 Å². The Kier molecular flexibility index (Phi) is 4.06. The number of aliphatic imine (C=N–C) groups is 1. The Balaban J connectivity index is 1.81. The van der Waals surface area contributed by atoms with E-state index in [-0.39, 0.29) is 5.69 Å². The van der Waals surface area contributed by atoms with Gasteiger partial charge in [-0.25, -0.2) is 9.98 Å². The molecule has 0 aliphatic carbocycles. The number of hydrogen-bond acceptors (Lipinski definition) is 6. The van der Waals surface area contributed by atoms with Crippen molar-refractivity contribution in [2.45, 2.75) is 31.8 Å². The second-order valence-corrected chi connectivity index (χ2v) is 6.19. The summed E-state index contributed by atoms with van der Waals surface area (Å²) in [5, 5.41) is 15.8. The van der Waals surface area contributed by atoms with Crippen LogP contribution in [0.3, 0.4) is 0 Å². The monoisotopic (exact) mass is 378 g/mol. The first-order valence-electron chi connectivity index (χ1n) is 8.38. The fourth-order valence-electron chi connectivity index (χ4n) is 3.07. The molecular formula is C17H17F3N6O. The summed E-state index contributed by atoms with van der Waals surface area (Å²) in [6.45, 7) is 1.78. The number of aliphatic hydroxyl groups excluding tert-OH is 1. The van der Waals surface area contributed by atoms with Crippen LogP contribution in [0.2, 0.25) is 0 Å². The lowest BCUT2D eigenvalue weighted by atomic mass is 10.1. The van der Waals surface area contributed by atoms with Crippen molar-refractivity contribution in [2.24, 2.45) is 4.99 Å². The number of alkyl halides is 3. The van der Waals surface area contributed by atoms with E-state index in [0.717, 1.165) is 12.1 Å². The van der Waals surface area contributed by atoms with Crippen LogP contribution in [0, 0.1) is 0 Å². The van der Waals surface area contributed by atoms with Gasteiger partial charge in [-0.3, -0.25) is 0 Å². The number of nitrogens with zero attached hydrogens (tertiary/aromatic N) is 3. The number of anilines is 2. The maximum absolute atomic E-state index is 13.1. The molecule has 0 spiro atoms. The first kappa shape index (κ1) is 17.4. The zero-order valence-electron chi connectivity index (χ0n) is 14.2. The highest BCUT2D eigenvalue weighted by atomic mass is 19.4. The van der Waals surface area contributed by atoms with Gasteiger partial charge in [-0.05, 0) is 24.6 Å². The Bertz CT molecular complexity index is 906. The van der Waals surface area contributed by atoms with E-state index in [2.05, 4.69) is 25.6 Å². The highest BCUT2D eigenvalue weighted by molar-refractivity contribution is 5.88. The first-order valence-corrected chi connectivity index (χ1v) is 8.38. The van der Waals surface area contributed by atoms with Gasteiger partial charge < -0.3 is 25.6 Å². The quantitative estimate of drug-likeness (QED) is 0.615. The van der Waals surface area contributed by atoms with Gasteiger partial charge in [0.15, 0.2) is 5.82 Å². The highest BCUT2D eigenvalue weighted by Crippen LogP contribution is 2.44. The van der Waals surface area contributed by atoms with Crippen molar-refractivity contribution in [3.05, 3.63) is 53.6 Å². The number of aromatic nitrogens is 2. The van der Waals surface area contributed by atoms with E-state index < -0.39 is 24.0 Å². The number of halogens is 3. The van der Waals surface area contributed by atoms with Crippen LogP contribution in [-0.2, 0) is 6.18 Å². The topological polar surface area (TPSA) is 88.6 Å². The van der Waals surface area contributed by atoms with Gasteiger partial charge in [0.2, 0.25) is 0 Å². The lowest BCUT2D eigenvalue weighted by Gasteiger charge is -2.34. The molecule has 2 aliphatic heterocycles. The molecule has 0 bridgehead atoms. The Morgan fingerprint density at radius 2 is 2.19 bits per heavy atom. The molecule has 0 saturated heterocycles.